The number of aromatic hydroxyl groups is 1. The topological polar surface area (TPSA) is 49.2 Å². The Hall–Kier alpha value is -2.76. The van der Waals surface area contributed by atoms with Crippen LogP contribution in [-0.4, -0.2) is 33.6 Å². The molecule has 1 aliphatic heterocycles. The molecule has 0 fully saturated rings. The number of hydrogen-bond acceptors (Lipinski definition) is 5. The van der Waals surface area contributed by atoms with Crippen LogP contribution in [0.5, 0.6) is 5.75 Å². The van der Waals surface area contributed by atoms with Crippen LogP contribution in [0.25, 0.3) is 21.5 Å². The first kappa shape index (κ1) is 16.4. The van der Waals surface area contributed by atoms with Crippen LogP contribution in [0.15, 0.2) is 60.2 Å². The van der Waals surface area contributed by atoms with E-state index >= 15 is 0 Å². The fourth-order valence-electron chi connectivity index (χ4n) is 3.98. The third kappa shape index (κ3) is 2.80. The highest BCUT2D eigenvalue weighted by Crippen LogP contribution is 2.41. The van der Waals surface area contributed by atoms with Gasteiger partial charge in [0, 0.05) is 41.7 Å². The van der Waals surface area contributed by atoms with Crippen molar-refractivity contribution in [3.05, 3.63) is 76.9 Å². The molecule has 5 heteroatoms. The summed E-state index contributed by atoms with van der Waals surface area (Å²) < 4.78 is 1.31. The Kier molecular flexibility index (Phi) is 3.92. The molecule has 2 aromatic carbocycles. The minimum Gasteiger partial charge on any atom is -0.507 e. The zero-order valence-corrected chi connectivity index (χ0v) is 15.8. The minimum absolute atomic E-state index is 0.238. The highest BCUT2D eigenvalue weighted by atomic mass is 32.1. The Labute approximate surface area is 161 Å². The molecule has 4 aromatic rings. The van der Waals surface area contributed by atoms with Crippen molar-refractivity contribution < 1.29 is 5.11 Å². The monoisotopic (exact) mass is 373 g/mol. The van der Waals surface area contributed by atoms with Crippen LogP contribution in [0.1, 0.15) is 22.6 Å². The zero-order valence-electron chi connectivity index (χ0n) is 15.0. The van der Waals surface area contributed by atoms with Crippen molar-refractivity contribution in [3.8, 4) is 17.1 Å². The Morgan fingerprint density at radius 3 is 2.81 bits per heavy atom. The molecule has 0 aliphatic carbocycles. The van der Waals surface area contributed by atoms with E-state index in [2.05, 4.69) is 57.6 Å². The molecule has 3 heterocycles. The molecule has 0 amide bonds. The van der Waals surface area contributed by atoms with Crippen molar-refractivity contribution >= 4 is 21.4 Å². The summed E-state index contributed by atoms with van der Waals surface area (Å²) in [5.74, 6) is 1.09. The predicted octanol–water partition coefficient (Wildman–Crippen LogP) is 4.64. The summed E-state index contributed by atoms with van der Waals surface area (Å²) in [4.78, 5) is 10.9. The lowest BCUT2D eigenvalue weighted by Gasteiger charge is -2.33. The zero-order chi connectivity index (χ0) is 18.4. The van der Waals surface area contributed by atoms with Crippen molar-refractivity contribution in [2.24, 2.45) is 0 Å². The Balaban J connectivity index is 1.64. The van der Waals surface area contributed by atoms with E-state index in [1.54, 1.807) is 29.8 Å². The second-order valence-electron chi connectivity index (χ2n) is 7.07. The number of likely N-dealkylation sites (N-methyl/N-ethyl adjacent to an activating group) is 1. The van der Waals surface area contributed by atoms with Gasteiger partial charge in [-0.3, -0.25) is 0 Å². The molecule has 4 nitrogen and oxygen atoms in total. The number of benzene rings is 2. The van der Waals surface area contributed by atoms with Crippen molar-refractivity contribution in [1.29, 1.82) is 0 Å². The van der Waals surface area contributed by atoms with Crippen LogP contribution in [0, 0.1) is 0 Å². The fourth-order valence-corrected chi connectivity index (χ4v) is 4.82. The van der Waals surface area contributed by atoms with Gasteiger partial charge in [-0.15, -0.1) is 11.3 Å². The highest BCUT2D eigenvalue weighted by Gasteiger charge is 2.28. The van der Waals surface area contributed by atoms with Gasteiger partial charge in [0.05, 0.1) is 5.56 Å². The summed E-state index contributed by atoms with van der Waals surface area (Å²) in [5.41, 5.74) is 4.16. The fraction of sp³-hybridized carbons (Fsp3) is 0.182. The number of phenolic OH excluding ortho intramolecular Hbond substituents is 1. The number of nitrogens with zero attached hydrogens (tertiary/aromatic N) is 3. The first-order chi connectivity index (χ1) is 13.2. The quantitative estimate of drug-likeness (QED) is 0.556. The lowest BCUT2D eigenvalue weighted by Crippen LogP contribution is -2.31. The Morgan fingerprint density at radius 2 is 1.96 bits per heavy atom. The largest absolute Gasteiger partial charge is 0.507 e. The number of aromatic nitrogens is 2. The van der Waals surface area contributed by atoms with Gasteiger partial charge in [-0.2, -0.15) is 0 Å². The predicted molar refractivity (Wildman–Crippen MR) is 109 cm³/mol. The van der Waals surface area contributed by atoms with E-state index in [0.717, 1.165) is 18.7 Å². The maximum absolute atomic E-state index is 11.0. The van der Waals surface area contributed by atoms with E-state index in [1.807, 2.05) is 6.07 Å². The van der Waals surface area contributed by atoms with Gasteiger partial charge >= 0.3 is 0 Å². The van der Waals surface area contributed by atoms with E-state index in [9.17, 15) is 5.11 Å². The van der Waals surface area contributed by atoms with Crippen LogP contribution in [0.3, 0.4) is 0 Å². The number of hydrogen-bond donors (Lipinski definition) is 1. The molecule has 1 N–H and O–H groups in total. The SMILES string of the molecule is CN1Cc2c(ccc(-c3ncccn3)c2O)C(c2ccc3ccsc3c2)C1. The van der Waals surface area contributed by atoms with Gasteiger partial charge in [0.25, 0.3) is 0 Å². The Bertz CT molecular complexity index is 1120. The second kappa shape index (κ2) is 6.44. The average molecular weight is 373 g/mol. The number of fused-ring (bicyclic) bond motifs is 2. The van der Waals surface area contributed by atoms with E-state index in [1.165, 1.54) is 21.2 Å². The molecule has 27 heavy (non-hydrogen) atoms. The first-order valence-corrected chi connectivity index (χ1v) is 9.86. The molecule has 5 rings (SSSR count). The first-order valence-electron chi connectivity index (χ1n) is 8.98. The number of phenols is 1. The van der Waals surface area contributed by atoms with Gasteiger partial charge in [0.2, 0.25) is 0 Å². The summed E-state index contributed by atoms with van der Waals surface area (Å²) in [6.45, 7) is 1.66. The molecular weight excluding hydrogens is 354 g/mol. The number of thiophene rings is 1. The van der Waals surface area contributed by atoms with Crippen molar-refractivity contribution in [2.45, 2.75) is 12.5 Å². The van der Waals surface area contributed by atoms with Crippen molar-refractivity contribution in [2.75, 3.05) is 13.6 Å². The van der Waals surface area contributed by atoms with Gasteiger partial charge in [-0.25, -0.2) is 9.97 Å². The molecule has 0 saturated carbocycles. The maximum Gasteiger partial charge on any atom is 0.162 e. The van der Waals surface area contributed by atoms with E-state index in [4.69, 9.17) is 0 Å². The summed E-state index contributed by atoms with van der Waals surface area (Å²) in [6, 6.07) is 14.7. The highest BCUT2D eigenvalue weighted by molar-refractivity contribution is 7.17. The van der Waals surface area contributed by atoms with Crippen LogP contribution < -0.4 is 0 Å². The van der Waals surface area contributed by atoms with Crippen LogP contribution in [0.4, 0.5) is 0 Å². The Morgan fingerprint density at radius 1 is 1.11 bits per heavy atom. The van der Waals surface area contributed by atoms with Gasteiger partial charge < -0.3 is 10.0 Å². The van der Waals surface area contributed by atoms with Crippen molar-refractivity contribution in [1.82, 2.24) is 14.9 Å². The summed E-state index contributed by atoms with van der Waals surface area (Å²) in [6.07, 6.45) is 3.40. The van der Waals surface area contributed by atoms with E-state index in [0.29, 0.717) is 17.1 Å². The third-order valence-electron chi connectivity index (χ3n) is 5.31. The number of rotatable bonds is 2. The molecule has 0 radical (unpaired) electrons. The molecule has 1 aliphatic rings. The summed E-state index contributed by atoms with van der Waals surface area (Å²) in [7, 11) is 2.10. The smallest absolute Gasteiger partial charge is 0.162 e. The van der Waals surface area contributed by atoms with Crippen LogP contribution >= 0.6 is 11.3 Å². The molecule has 0 saturated heterocycles. The lowest BCUT2D eigenvalue weighted by atomic mass is 9.83. The molecule has 2 aromatic heterocycles. The normalized spacial score (nSPS) is 17.1. The molecule has 0 spiro atoms. The van der Waals surface area contributed by atoms with Crippen LogP contribution in [0.2, 0.25) is 0 Å². The lowest BCUT2D eigenvalue weighted by molar-refractivity contribution is 0.288. The summed E-state index contributed by atoms with van der Waals surface area (Å²) >= 11 is 1.77. The van der Waals surface area contributed by atoms with Gasteiger partial charge in [-0.1, -0.05) is 18.2 Å². The van der Waals surface area contributed by atoms with Crippen LogP contribution in [-0.2, 0) is 6.54 Å². The van der Waals surface area contributed by atoms with Gasteiger partial charge in [0.1, 0.15) is 5.75 Å². The molecular formula is C22H19N3OS. The second-order valence-corrected chi connectivity index (χ2v) is 8.02. The third-order valence-corrected chi connectivity index (χ3v) is 6.19. The molecule has 0 bridgehead atoms. The molecule has 1 unspecified atom stereocenters. The average Bonchev–Trinajstić information content (AvgIpc) is 3.17. The van der Waals surface area contributed by atoms with Crippen molar-refractivity contribution in [3.63, 3.8) is 0 Å². The van der Waals surface area contributed by atoms with Gasteiger partial charge in [0.15, 0.2) is 5.82 Å². The van der Waals surface area contributed by atoms with E-state index in [-0.39, 0.29) is 5.92 Å². The molecule has 134 valence electrons. The summed E-state index contributed by atoms with van der Waals surface area (Å²) in [5, 5.41) is 14.4. The van der Waals surface area contributed by atoms with Gasteiger partial charge in [-0.05, 0) is 53.2 Å². The molecule has 1 atom stereocenters. The maximum atomic E-state index is 11.0. The standard InChI is InChI=1S/C22H19N3OS/c1-25-12-18(15-4-3-14-7-10-27-20(14)11-15)16-5-6-17(21(26)19(16)13-25)22-23-8-2-9-24-22/h2-11,18,26H,12-13H2,1H3. The minimum atomic E-state index is 0.238. The van der Waals surface area contributed by atoms with E-state index < -0.39 is 0 Å².